The Hall–Kier alpha value is 0.200. The largest absolute Gasteiger partial charge is 0.457 e. The molecule has 1 saturated heterocycles. The smallest absolute Gasteiger partial charge is 0.169 e. The van der Waals surface area contributed by atoms with Crippen LogP contribution in [-0.4, -0.2) is 22.3 Å². The van der Waals surface area contributed by atoms with E-state index in [-0.39, 0.29) is 0 Å². The van der Waals surface area contributed by atoms with Gasteiger partial charge in [0.25, 0.3) is 0 Å². The SMILES string of the molecule is CC1C(Br)CCCN1Cc1coc(Br)c1. The van der Waals surface area contributed by atoms with E-state index < -0.39 is 0 Å². The zero-order valence-electron chi connectivity index (χ0n) is 8.75. The zero-order chi connectivity index (χ0) is 10.8. The average molecular weight is 337 g/mol. The van der Waals surface area contributed by atoms with Crippen molar-refractivity contribution in [3.8, 4) is 0 Å². The first kappa shape index (κ1) is 11.7. The molecule has 1 aromatic heterocycles. The van der Waals surface area contributed by atoms with Gasteiger partial charge in [-0.1, -0.05) is 15.9 Å². The van der Waals surface area contributed by atoms with Crippen molar-refractivity contribution >= 4 is 31.9 Å². The molecule has 15 heavy (non-hydrogen) atoms. The van der Waals surface area contributed by atoms with Crippen LogP contribution in [0, 0.1) is 0 Å². The van der Waals surface area contributed by atoms with E-state index >= 15 is 0 Å². The maximum atomic E-state index is 5.25. The van der Waals surface area contributed by atoms with Gasteiger partial charge in [-0.05, 0) is 48.3 Å². The Labute approximate surface area is 107 Å². The summed E-state index contributed by atoms with van der Waals surface area (Å²) in [5.41, 5.74) is 1.25. The summed E-state index contributed by atoms with van der Waals surface area (Å²) in [6.07, 6.45) is 4.39. The lowest BCUT2D eigenvalue weighted by Crippen LogP contribution is -2.43. The molecule has 2 heterocycles. The number of alkyl halides is 1. The summed E-state index contributed by atoms with van der Waals surface area (Å²) in [6, 6.07) is 2.65. The molecule has 0 N–H and O–H groups in total. The molecular formula is C11H15Br2NO. The minimum Gasteiger partial charge on any atom is -0.457 e. The number of likely N-dealkylation sites (tertiary alicyclic amines) is 1. The fraction of sp³-hybridized carbons (Fsp3) is 0.636. The van der Waals surface area contributed by atoms with Crippen LogP contribution >= 0.6 is 31.9 Å². The number of rotatable bonds is 2. The summed E-state index contributed by atoms with van der Waals surface area (Å²) < 4.78 is 6.06. The van der Waals surface area contributed by atoms with Crippen LogP contribution in [0.5, 0.6) is 0 Å². The molecule has 1 fully saturated rings. The third-order valence-electron chi connectivity index (χ3n) is 3.03. The van der Waals surface area contributed by atoms with Crippen molar-refractivity contribution in [1.29, 1.82) is 0 Å². The topological polar surface area (TPSA) is 16.4 Å². The van der Waals surface area contributed by atoms with Gasteiger partial charge in [0.2, 0.25) is 0 Å². The molecule has 4 heteroatoms. The molecule has 1 aliphatic heterocycles. The van der Waals surface area contributed by atoms with E-state index in [2.05, 4.69) is 43.7 Å². The number of hydrogen-bond donors (Lipinski definition) is 0. The lowest BCUT2D eigenvalue weighted by Gasteiger charge is -2.36. The second-order valence-corrected chi connectivity index (χ2v) is 6.09. The molecule has 0 spiro atoms. The first-order valence-corrected chi connectivity index (χ1v) is 6.98. The Bertz CT molecular complexity index is 326. The van der Waals surface area contributed by atoms with E-state index in [1.54, 1.807) is 0 Å². The highest BCUT2D eigenvalue weighted by Crippen LogP contribution is 2.26. The molecule has 0 aromatic carbocycles. The minimum absolute atomic E-state index is 0.604. The van der Waals surface area contributed by atoms with Crippen molar-refractivity contribution in [2.45, 2.75) is 37.2 Å². The monoisotopic (exact) mass is 335 g/mol. The molecule has 84 valence electrons. The van der Waals surface area contributed by atoms with Crippen molar-refractivity contribution in [1.82, 2.24) is 4.90 Å². The van der Waals surface area contributed by atoms with Crippen LogP contribution in [0.3, 0.4) is 0 Å². The molecule has 0 aliphatic carbocycles. The van der Waals surface area contributed by atoms with Crippen LogP contribution in [0.2, 0.25) is 0 Å². The number of halogens is 2. The van der Waals surface area contributed by atoms with Gasteiger partial charge < -0.3 is 4.42 Å². The predicted octanol–water partition coefficient (Wildman–Crippen LogP) is 3.79. The van der Waals surface area contributed by atoms with Crippen molar-refractivity contribution in [3.63, 3.8) is 0 Å². The first-order valence-electron chi connectivity index (χ1n) is 5.28. The highest BCUT2D eigenvalue weighted by molar-refractivity contribution is 9.10. The van der Waals surface area contributed by atoms with Crippen LogP contribution in [0.4, 0.5) is 0 Å². The van der Waals surface area contributed by atoms with Crippen molar-refractivity contribution in [2.24, 2.45) is 0 Å². The van der Waals surface area contributed by atoms with Gasteiger partial charge in [-0.25, -0.2) is 0 Å². The van der Waals surface area contributed by atoms with Crippen LogP contribution < -0.4 is 0 Å². The predicted molar refractivity (Wildman–Crippen MR) is 68.2 cm³/mol. The van der Waals surface area contributed by atoms with Crippen molar-refractivity contribution in [3.05, 3.63) is 22.6 Å². The summed E-state index contributed by atoms with van der Waals surface area (Å²) in [5, 5.41) is 0. The van der Waals surface area contributed by atoms with Gasteiger partial charge >= 0.3 is 0 Å². The van der Waals surface area contributed by atoms with E-state index in [1.165, 1.54) is 24.9 Å². The van der Waals surface area contributed by atoms with Crippen LogP contribution in [0.25, 0.3) is 0 Å². The quantitative estimate of drug-likeness (QED) is 0.764. The number of nitrogens with zero attached hydrogens (tertiary/aromatic N) is 1. The lowest BCUT2D eigenvalue weighted by molar-refractivity contribution is 0.160. The van der Waals surface area contributed by atoms with E-state index in [4.69, 9.17) is 4.42 Å². The Morgan fingerprint density at radius 2 is 2.40 bits per heavy atom. The Morgan fingerprint density at radius 3 is 3.07 bits per heavy atom. The molecule has 0 bridgehead atoms. The third-order valence-corrected chi connectivity index (χ3v) is 4.67. The van der Waals surface area contributed by atoms with Gasteiger partial charge in [-0.3, -0.25) is 4.90 Å². The van der Waals surface area contributed by atoms with E-state index in [0.29, 0.717) is 10.9 Å². The average Bonchev–Trinajstić information content (AvgIpc) is 2.59. The van der Waals surface area contributed by atoms with Gasteiger partial charge in [0, 0.05) is 23.0 Å². The maximum Gasteiger partial charge on any atom is 0.169 e. The summed E-state index contributed by atoms with van der Waals surface area (Å²) in [7, 11) is 0. The number of piperidine rings is 1. The molecule has 2 atom stereocenters. The van der Waals surface area contributed by atoms with Crippen LogP contribution in [0.15, 0.2) is 21.4 Å². The fourth-order valence-electron chi connectivity index (χ4n) is 2.05. The van der Waals surface area contributed by atoms with E-state index in [9.17, 15) is 0 Å². The molecule has 2 nitrogen and oxygen atoms in total. The highest BCUT2D eigenvalue weighted by Gasteiger charge is 2.25. The highest BCUT2D eigenvalue weighted by atomic mass is 79.9. The summed E-state index contributed by atoms with van der Waals surface area (Å²) in [4.78, 5) is 3.13. The Kier molecular flexibility index (Phi) is 3.91. The molecule has 0 amide bonds. The van der Waals surface area contributed by atoms with E-state index in [0.717, 1.165) is 11.2 Å². The summed E-state index contributed by atoms with van der Waals surface area (Å²) >= 11 is 7.07. The molecule has 0 saturated carbocycles. The second kappa shape index (κ2) is 5.02. The molecule has 0 radical (unpaired) electrons. The van der Waals surface area contributed by atoms with Gasteiger partial charge in [-0.2, -0.15) is 0 Å². The van der Waals surface area contributed by atoms with Crippen molar-refractivity contribution in [2.75, 3.05) is 6.54 Å². The zero-order valence-corrected chi connectivity index (χ0v) is 11.9. The molecule has 1 aromatic rings. The molecule has 2 rings (SSSR count). The summed E-state index contributed by atoms with van der Waals surface area (Å²) in [6.45, 7) is 4.46. The Morgan fingerprint density at radius 1 is 1.60 bits per heavy atom. The van der Waals surface area contributed by atoms with Gasteiger partial charge in [0.15, 0.2) is 4.67 Å². The number of hydrogen-bond acceptors (Lipinski definition) is 2. The fourth-order valence-corrected chi connectivity index (χ4v) is 3.09. The van der Waals surface area contributed by atoms with Crippen molar-refractivity contribution < 1.29 is 4.42 Å². The van der Waals surface area contributed by atoms with E-state index in [1.807, 2.05) is 12.3 Å². The third kappa shape index (κ3) is 2.86. The van der Waals surface area contributed by atoms with Gasteiger partial charge in [0.05, 0.1) is 6.26 Å². The molecule has 1 aliphatic rings. The van der Waals surface area contributed by atoms with Gasteiger partial charge in [0.1, 0.15) is 0 Å². The van der Waals surface area contributed by atoms with Crippen LogP contribution in [-0.2, 0) is 6.54 Å². The maximum absolute atomic E-state index is 5.25. The Balaban J connectivity index is 1.99. The minimum atomic E-state index is 0.604. The van der Waals surface area contributed by atoms with Gasteiger partial charge in [-0.15, -0.1) is 0 Å². The molecule has 2 unspecified atom stereocenters. The summed E-state index contributed by atoms with van der Waals surface area (Å²) in [5.74, 6) is 0. The standard InChI is InChI=1S/C11H15Br2NO/c1-8-10(12)3-2-4-14(8)6-9-5-11(13)15-7-9/h5,7-8,10H,2-4,6H2,1H3. The molecular weight excluding hydrogens is 322 g/mol. The number of furan rings is 1. The second-order valence-electron chi connectivity index (χ2n) is 4.13. The normalized spacial score (nSPS) is 28.2. The first-order chi connectivity index (χ1) is 7.16. The van der Waals surface area contributed by atoms with Crippen LogP contribution in [0.1, 0.15) is 25.3 Å². The lowest BCUT2D eigenvalue weighted by atomic mass is 10.0.